The van der Waals surface area contributed by atoms with Crippen LogP contribution in [-0.2, 0) is 4.57 Å². The predicted octanol–water partition coefficient (Wildman–Crippen LogP) is 5.65. The van der Waals surface area contributed by atoms with E-state index in [1.165, 1.54) is 0 Å². The number of rotatable bonds is 12. The molecule has 0 aromatic heterocycles. The molecule has 1 N–H and O–H groups in total. The Labute approximate surface area is 208 Å². The zero-order valence-electron chi connectivity index (χ0n) is 19.5. The van der Waals surface area contributed by atoms with Crippen molar-refractivity contribution < 1.29 is 9.30 Å². The summed E-state index contributed by atoms with van der Waals surface area (Å²) in [6.45, 7) is 8.94. The molecule has 0 spiro atoms. The highest BCUT2D eigenvalue weighted by atomic mass is 32.1. The van der Waals surface area contributed by atoms with Crippen molar-refractivity contribution in [3.05, 3.63) is 116 Å². The Balaban J connectivity index is 2.04. The molecule has 0 aliphatic rings. The SMILES string of the molecule is C=CCN(CC=C)C(=S)C[C@@H](NP(=O)(c1ccccc1)c1ccccc1)c1ccc(OC)cc1. The predicted molar refractivity (Wildman–Crippen MR) is 148 cm³/mol. The Kier molecular flexibility index (Phi) is 9.41. The highest BCUT2D eigenvalue weighted by Crippen LogP contribution is 2.42. The van der Waals surface area contributed by atoms with Gasteiger partial charge < -0.3 is 9.64 Å². The van der Waals surface area contributed by atoms with E-state index in [4.69, 9.17) is 17.0 Å². The second-order valence-electron chi connectivity index (χ2n) is 7.82. The van der Waals surface area contributed by atoms with Crippen molar-refractivity contribution >= 4 is 35.1 Å². The van der Waals surface area contributed by atoms with Crippen LogP contribution in [0.5, 0.6) is 5.75 Å². The molecule has 0 aliphatic heterocycles. The van der Waals surface area contributed by atoms with Crippen LogP contribution in [0.15, 0.2) is 110 Å². The van der Waals surface area contributed by atoms with Gasteiger partial charge in [0.25, 0.3) is 0 Å². The molecule has 0 heterocycles. The average Bonchev–Trinajstić information content (AvgIpc) is 2.89. The first-order valence-electron chi connectivity index (χ1n) is 11.1. The summed E-state index contributed by atoms with van der Waals surface area (Å²) in [4.78, 5) is 2.80. The Morgan fingerprint density at radius 3 is 1.88 bits per heavy atom. The summed E-state index contributed by atoms with van der Waals surface area (Å²) in [5, 5.41) is 5.04. The van der Waals surface area contributed by atoms with Crippen molar-refractivity contribution in [2.75, 3.05) is 20.2 Å². The van der Waals surface area contributed by atoms with E-state index in [0.717, 1.165) is 26.9 Å². The quantitative estimate of drug-likeness (QED) is 0.202. The summed E-state index contributed by atoms with van der Waals surface area (Å²) < 4.78 is 20.0. The van der Waals surface area contributed by atoms with Gasteiger partial charge in [0.2, 0.25) is 7.29 Å². The monoisotopic (exact) mass is 490 g/mol. The first-order valence-corrected chi connectivity index (χ1v) is 13.3. The summed E-state index contributed by atoms with van der Waals surface area (Å²) in [7, 11) is -1.54. The largest absolute Gasteiger partial charge is 0.497 e. The molecule has 0 amide bonds. The fourth-order valence-electron chi connectivity index (χ4n) is 3.76. The van der Waals surface area contributed by atoms with Gasteiger partial charge in [-0.05, 0) is 42.0 Å². The second kappa shape index (κ2) is 12.5. The summed E-state index contributed by atoms with van der Waals surface area (Å²) in [5.41, 5.74) is 0.979. The van der Waals surface area contributed by atoms with E-state index < -0.39 is 7.29 Å². The number of hydrogen-bond donors (Lipinski definition) is 1. The Bertz CT molecular complexity index is 1080. The van der Waals surface area contributed by atoms with Gasteiger partial charge in [-0.1, -0.05) is 72.9 Å². The third-order valence-corrected chi connectivity index (χ3v) is 8.68. The molecule has 0 unspecified atom stereocenters. The summed E-state index contributed by atoms with van der Waals surface area (Å²) >= 11 is 5.83. The normalized spacial score (nSPS) is 11.9. The fourth-order valence-corrected chi connectivity index (χ4v) is 6.54. The molecule has 6 heteroatoms. The van der Waals surface area contributed by atoms with Crippen molar-refractivity contribution in [2.45, 2.75) is 12.5 Å². The van der Waals surface area contributed by atoms with Gasteiger partial charge in [-0.15, -0.1) is 13.2 Å². The zero-order valence-corrected chi connectivity index (χ0v) is 21.2. The highest BCUT2D eigenvalue weighted by Gasteiger charge is 2.31. The van der Waals surface area contributed by atoms with Gasteiger partial charge in [0.05, 0.1) is 12.1 Å². The number of hydrogen-bond acceptors (Lipinski definition) is 3. The maximum absolute atomic E-state index is 14.7. The first-order chi connectivity index (χ1) is 16.5. The van der Waals surface area contributed by atoms with Crippen molar-refractivity contribution in [2.24, 2.45) is 0 Å². The number of ether oxygens (including phenoxy) is 1. The van der Waals surface area contributed by atoms with Crippen molar-refractivity contribution in [3.8, 4) is 5.75 Å². The molecule has 3 aromatic carbocycles. The van der Waals surface area contributed by atoms with Crippen LogP contribution < -0.4 is 20.4 Å². The number of methoxy groups -OCH3 is 1. The number of thiocarbonyl (C=S) groups is 1. The van der Waals surface area contributed by atoms with Gasteiger partial charge in [-0.25, -0.2) is 0 Å². The molecule has 0 radical (unpaired) electrons. The molecule has 3 rings (SSSR count). The van der Waals surface area contributed by atoms with Crippen LogP contribution in [0.2, 0.25) is 0 Å². The lowest BCUT2D eigenvalue weighted by atomic mass is 10.0. The first kappa shape index (κ1) is 25.6. The summed E-state index contributed by atoms with van der Waals surface area (Å²) in [5.74, 6) is 0.763. The van der Waals surface area contributed by atoms with Gasteiger partial charge in [0, 0.05) is 36.2 Å². The minimum absolute atomic E-state index is 0.290. The fraction of sp³-hybridized carbons (Fsp3) is 0.179. The average molecular weight is 491 g/mol. The lowest BCUT2D eigenvalue weighted by molar-refractivity contribution is 0.414. The van der Waals surface area contributed by atoms with E-state index in [0.29, 0.717) is 19.5 Å². The minimum atomic E-state index is -3.18. The van der Waals surface area contributed by atoms with Crippen molar-refractivity contribution in [1.29, 1.82) is 0 Å². The number of benzene rings is 3. The molecule has 0 bridgehead atoms. The van der Waals surface area contributed by atoms with Crippen LogP contribution >= 0.6 is 19.5 Å². The van der Waals surface area contributed by atoms with Crippen LogP contribution in [0, 0.1) is 0 Å². The molecule has 34 heavy (non-hydrogen) atoms. The van der Waals surface area contributed by atoms with E-state index in [9.17, 15) is 4.57 Å². The van der Waals surface area contributed by atoms with Crippen LogP contribution in [0.1, 0.15) is 18.0 Å². The molecular formula is C28H31N2O2PS. The van der Waals surface area contributed by atoms with Crippen LogP contribution in [-0.4, -0.2) is 30.1 Å². The smallest absolute Gasteiger partial charge is 0.205 e. The van der Waals surface area contributed by atoms with Crippen molar-refractivity contribution in [3.63, 3.8) is 0 Å². The molecule has 0 saturated carbocycles. The van der Waals surface area contributed by atoms with E-state index in [2.05, 4.69) is 18.2 Å². The lowest BCUT2D eigenvalue weighted by Crippen LogP contribution is -2.36. The number of nitrogens with zero attached hydrogens (tertiary/aromatic N) is 1. The minimum Gasteiger partial charge on any atom is -0.497 e. The Morgan fingerprint density at radius 2 is 1.44 bits per heavy atom. The van der Waals surface area contributed by atoms with Crippen LogP contribution in [0.3, 0.4) is 0 Å². The molecule has 0 fully saturated rings. The molecule has 1 atom stereocenters. The van der Waals surface area contributed by atoms with Gasteiger partial charge in [0.1, 0.15) is 5.75 Å². The lowest BCUT2D eigenvalue weighted by Gasteiger charge is -2.30. The standard InChI is InChI=1S/C28H31N2O2PS/c1-4-20-30(21-5-2)28(34)22-27(23-16-18-24(32-3)19-17-23)29-33(31,25-12-8-6-9-13-25)26-14-10-7-11-15-26/h4-19,27H,1-2,20-22H2,3H3,(H,29,31)/t27-/m1/s1. The zero-order chi connectivity index (χ0) is 24.4. The molecule has 0 aliphatic carbocycles. The highest BCUT2D eigenvalue weighted by molar-refractivity contribution is 7.80. The maximum atomic E-state index is 14.7. The van der Waals surface area contributed by atoms with Gasteiger partial charge >= 0.3 is 0 Å². The molecule has 4 nitrogen and oxygen atoms in total. The summed E-state index contributed by atoms with van der Waals surface area (Å²) in [6, 6.07) is 26.7. The van der Waals surface area contributed by atoms with E-state index in [1.807, 2.05) is 102 Å². The van der Waals surface area contributed by atoms with Crippen molar-refractivity contribution in [1.82, 2.24) is 9.99 Å². The van der Waals surface area contributed by atoms with E-state index in [1.54, 1.807) is 7.11 Å². The van der Waals surface area contributed by atoms with E-state index >= 15 is 0 Å². The van der Waals surface area contributed by atoms with E-state index in [-0.39, 0.29) is 6.04 Å². The van der Waals surface area contributed by atoms with Crippen LogP contribution in [0.25, 0.3) is 0 Å². The summed E-state index contributed by atoms with van der Waals surface area (Å²) in [6.07, 6.45) is 4.14. The maximum Gasteiger partial charge on any atom is 0.205 e. The van der Waals surface area contributed by atoms with Gasteiger partial charge in [-0.2, -0.15) is 0 Å². The Morgan fingerprint density at radius 1 is 0.941 bits per heavy atom. The Hall–Kier alpha value is -2.98. The third-order valence-electron chi connectivity index (χ3n) is 5.53. The second-order valence-corrected chi connectivity index (χ2v) is 10.8. The van der Waals surface area contributed by atoms with Crippen LogP contribution in [0.4, 0.5) is 0 Å². The topological polar surface area (TPSA) is 41.6 Å². The van der Waals surface area contributed by atoms with Gasteiger partial charge in [-0.3, -0.25) is 9.65 Å². The molecule has 0 saturated heterocycles. The third kappa shape index (κ3) is 6.32. The molecular weight excluding hydrogens is 459 g/mol. The number of nitrogens with one attached hydrogen (secondary N) is 1. The molecule has 3 aromatic rings. The molecule has 176 valence electrons. The van der Waals surface area contributed by atoms with Gasteiger partial charge in [0.15, 0.2) is 0 Å².